The zero-order chi connectivity index (χ0) is 9.97. The quantitative estimate of drug-likeness (QED) is 0.722. The smallest absolute Gasteiger partial charge is 0.249 e. The van der Waals surface area contributed by atoms with Crippen LogP contribution in [-0.2, 0) is 0 Å². The van der Waals surface area contributed by atoms with Crippen LogP contribution in [0.15, 0.2) is 30.6 Å². The molecule has 14 heavy (non-hydrogen) atoms. The summed E-state index contributed by atoms with van der Waals surface area (Å²) in [5, 5.41) is 7.46. The summed E-state index contributed by atoms with van der Waals surface area (Å²) < 4.78 is 0. The van der Waals surface area contributed by atoms with Crippen molar-refractivity contribution in [2.24, 2.45) is 5.73 Å². The Hall–Kier alpha value is -2.17. The largest absolute Gasteiger partial charge is 0.366 e. The molecule has 0 unspecified atom stereocenters. The van der Waals surface area contributed by atoms with E-state index in [4.69, 9.17) is 5.73 Å². The van der Waals surface area contributed by atoms with Crippen molar-refractivity contribution in [1.29, 1.82) is 0 Å². The second kappa shape index (κ2) is 3.29. The van der Waals surface area contributed by atoms with Gasteiger partial charge in [0.15, 0.2) is 5.82 Å². The highest BCUT2D eigenvalue weighted by molar-refractivity contribution is 5.98. The monoisotopic (exact) mass is 188 g/mol. The minimum atomic E-state index is -0.475. The van der Waals surface area contributed by atoms with Crippen molar-refractivity contribution in [2.45, 2.75) is 0 Å². The lowest BCUT2D eigenvalue weighted by Gasteiger charge is -2.01. The van der Waals surface area contributed by atoms with E-state index in [0.717, 1.165) is 0 Å². The zero-order valence-electron chi connectivity index (χ0n) is 7.27. The van der Waals surface area contributed by atoms with E-state index in [1.807, 2.05) is 6.07 Å². The molecule has 1 aromatic heterocycles. The van der Waals surface area contributed by atoms with Crippen LogP contribution in [0.5, 0.6) is 0 Å². The van der Waals surface area contributed by atoms with Crippen molar-refractivity contribution in [2.75, 3.05) is 0 Å². The van der Waals surface area contributed by atoms with Crippen LogP contribution in [-0.4, -0.2) is 21.1 Å². The lowest BCUT2D eigenvalue weighted by molar-refractivity contribution is 0.100. The second-order valence-corrected chi connectivity index (χ2v) is 2.75. The molecule has 0 saturated carbocycles. The third kappa shape index (κ3) is 1.35. The van der Waals surface area contributed by atoms with E-state index in [-0.39, 0.29) is 0 Å². The highest BCUT2D eigenvalue weighted by Crippen LogP contribution is 2.18. The predicted octanol–water partition coefficient (Wildman–Crippen LogP) is 0.571. The van der Waals surface area contributed by atoms with Crippen LogP contribution in [0, 0.1) is 0 Å². The highest BCUT2D eigenvalue weighted by atomic mass is 16.1. The number of hydrogen-bond donors (Lipinski definition) is 2. The molecule has 0 atom stereocenters. The van der Waals surface area contributed by atoms with Gasteiger partial charge in [-0.2, -0.15) is 0 Å². The summed E-state index contributed by atoms with van der Waals surface area (Å²) in [5.74, 6) is 0.0661. The molecule has 0 aliphatic heterocycles. The number of primary amides is 1. The maximum atomic E-state index is 11.1. The fourth-order valence-corrected chi connectivity index (χ4v) is 1.24. The van der Waals surface area contributed by atoms with Gasteiger partial charge in [0, 0.05) is 5.56 Å². The summed E-state index contributed by atoms with van der Waals surface area (Å²) in [6.07, 6.45) is 1.45. The average Bonchev–Trinajstić information content (AvgIpc) is 2.70. The summed E-state index contributed by atoms with van der Waals surface area (Å²) in [7, 11) is 0. The minimum Gasteiger partial charge on any atom is -0.366 e. The maximum Gasteiger partial charge on any atom is 0.249 e. The van der Waals surface area contributed by atoms with E-state index in [2.05, 4.69) is 15.2 Å². The topological polar surface area (TPSA) is 84.7 Å². The summed E-state index contributed by atoms with van der Waals surface area (Å²) in [6.45, 7) is 0. The van der Waals surface area contributed by atoms with Crippen LogP contribution in [0.1, 0.15) is 10.4 Å². The van der Waals surface area contributed by atoms with Gasteiger partial charge >= 0.3 is 0 Å². The van der Waals surface area contributed by atoms with Gasteiger partial charge < -0.3 is 10.7 Å². The van der Waals surface area contributed by atoms with Gasteiger partial charge in [-0.3, -0.25) is 4.79 Å². The Morgan fingerprint density at radius 2 is 2.14 bits per heavy atom. The lowest BCUT2D eigenvalue weighted by atomic mass is 10.1. The number of carbonyl (C=O) groups excluding carboxylic acids is 1. The second-order valence-electron chi connectivity index (χ2n) is 2.75. The first kappa shape index (κ1) is 8.43. The fourth-order valence-electron chi connectivity index (χ4n) is 1.24. The van der Waals surface area contributed by atoms with Crippen molar-refractivity contribution < 1.29 is 4.79 Å². The third-order valence-corrected chi connectivity index (χ3v) is 1.86. The number of aromatic amines is 1. The molecule has 1 heterocycles. The van der Waals surface area contributed by atoms with Gasteiger partial charge in [0.25, 0.3) is 0 Å². The number of nitrogens with zero attached hydrogens (tertiary/aromatic N) is 2. The molecule has 1 aromatic carbocycles. The van der Waals surface area contributed by atoms with Crippen LogP contribution in [0.2, 0.25) is 0 Å². The summed E-state index contributed by atoms with van der Waals surface area (Å²) in [5.41, 5.74) is 6.32. The number of nitrogens with two attached hydrogens (primary N) is 1. The molecule has 0 bridgehead atoms. The van der Waals surface area contributed by atoms with Crippen LogP contribution in [0.3, 0.4) is 0 Å². The van der Waals surface area contributed by atoms with Gasteiger partial charge in [-0.15, -0.1) is 10.2 Å². The van der Waals surface area contributed by atoms with Gasteiger partial charge in [-0.05, 0) is 6.07 Å². The molecule has 5 heteroatoms. The number of hydrogen-bond acceptors (Lipinski definition) is 3. The highest BCUT2D eigenvalue weighted by Gasteiger charge is 2.10. The number of aromatic nitrogens is 3. The number of carbonyl (C=O) groups is 1. The van der Waals surface area contributed by atoms with Gasteiger partial charge in [-0.25, -0.2) is 0 Å². The lowest BCUT2D eigenvalue weighted by Crippen LogP contribution is -2.12. The first-order valence-electron chi connectivity index (χ1n) is 4.04. The first-order chi connectivity index (χ1) is 6.79. The molecule has 70 valence electrons. The molecular formula is C9H8N4O. The van der Waals surface area contributed by atoms with Gasteiger partial charge in [0.1, 0.15) is 6.33 Å². The molecule has 1 amide bonds. The summed E-state index contributed by atoms with van der Waals surface area (Å²) in [6, 6.07) is 6.98. The number of rotatable bonds is 2. The molecule has 0 aliphatic carbocycles. The average molecular weight is 188 g/mol. The van der Waals surface area contributed by atoms with Crippen molar-refractivity contribution >= 4 is 5.91 Å². The number of nitrogens with one attached hydrogen (secondary N) is 1. The van der Waals surface area contributed by atoms with Crippen LogP contribution >= 0.6 is 0 Å². The fraction of sp³-hybridized carbons (Fsp3) is 0. The molecule has 2 rings (SSSR count). The summed E-state index contributed by atoms with van der Waals surface area (Å²) >= 11 is 0. The van der Waals surface area contributed by atoms with E-state index in [0.29, 0.717) is 17.0 Å². The Kier molecular flexibility index (Phi) is 1.98. The minimum absolute atomic E-state index is 0.434. The molecular weight excluding hydrogens is 180 g/mol. The maximum absolute atomic E-state index is 11.1. The molecule has 0 radical (unpaired) electrons. The molecule has 0 spiro atoms. The van der Waals surface area contributed by atoms with Gasteiger partial charge in [-0.1, -0.05) is 18.2 Å². The Labute approximate surface area is 80.0 Å². The van der Waals surface area contributed by atoms with Crippen LogP contribution in [0.4, 0.5) is 0 Å². The molecule has 3 N–H and O–H groups in total. The third-order valence-electron chi connectivity index (χ3n) is 1.86. The van der Waals surface area contributed by atoms with E-state index >= 15 is 0 Å². The van der Waals surface area contributed by atoms with Crippen molar-refractivity contribution in [1.82, 2.24) is 15.2 Å². The SMILES string of the molecule is NC(=O)c1ccccc1-c1nnc[nH]1. The van der Waals surface area contributed by atoms with Crippen molar-refractivity contribution in [3.8, 4) is 11.4 Å². The van der Waals surface area contributed by atoms with E-state index in [9.17, 15) is 4.79 Å². The zero-order valence-corrected chi connectivity index (χ0v) is 7.27. The molecule has 0 saturated heterocycles. The van der Waals surface area contributed by atoms with Gasteiger partial charge in [0.2, 0.25) is 5.91 Å². The normalized spacial score (nSPS) is 10.0. The number of H-pyrrole nitrogens is 1. The van der Waals surface area contributed by atoms with Gasteiger partial charge in [0.05, 0.1) is 5.56 Å². The Morgan fingerprint density at radius 3 is 2.79 bits per heavy atom. The Morgan fingerprint density at radius 1 is 1.36 bits per heavy atom. The first-order valence-corrected chi connectivity index (χ1v) is 4.04. The molecule has 0 fully saturated rings. The van der Waals surface area contributed by atoms with Crippen LogP contribution < -0.4 is 5.73 Å². The van der Waals surface area contributed by atoms with E-state index in [1.165, 1.54) is 6.33 Å². The van der Waals surface area contributed by atoms with E-state index in [1.54, 1.807) is 18.2 Å². The van der Waals surface area contributed by atoms with Crippen LogP contribution in [0.25, 0.3) is 11.4 Å². The summed E-state index contributed by atoms with van der Waals surface area (Å²) in [4.78, 5) is 13.9. The Balaban J connectivity index is 2.58. The number of amides is 1. The standard InChI is InChI=1S/C9H8N4O/c10-8(14)6-3-1-2-4-7(6)9-11-5-12-13-9/h1-5H,(H2,10,14)(H,11,12,13). The Bertz CT molecular complexity index is 450. The number of benzene rings is 1. The predicted molar refractivity (Wildman–Crippen MR) is 50.3 cm³/mol. The molecule has 5 nitrogen and oxygen atoms in total. The molecule has 0 aliphatic rings. The molecule has 2 aromatic rings. The van der Waals surface area contributed by atoms with Crippen molar-refractivity contribution in [3.63, 3.8) is 0 Å². The van der Waals surface area contributed by atoms with Crippen molar-refractivity contribution in [3.05, 3.63) is 36.2 Å². The van der Waals surface area contributed by atoms with E-state index < -0.39 is 5.91 Å².